The molecule has 0 aliphatic rings. The van der Waals surface area contributed by atoms with Crippen molar-refractivity contribution in [2.75, 3.05) is 0 Å². The lowest BCUT2D eigenvalue weighted by Crippen LogP contribution is -2.32. The fraction of sp³-hybridized carbons (Fsp3) is 0.0870. The average molecular weight is 523 g/mol. The summed E-state index contributed by atoms with van der Waals surface area (Å²) in [5, 5.41) is 9.61. The number of carboxylic acids is 1. The van der Waals surface area contributed by atoms with Crippen molar-refractivity contribution in [2.24, 2.45) is 5.73 Å². The van der Waals surface area contributed by atoms with Gasteiger partial charge in [-0.15, -0.1) is 0 Å². The molecule has 0 aliphatic carbocycles. The Bertz CT molecular complexity index is 1480. The number of aliphatic carboxylic acids is 1. The van der Waals surface area contributed by atoms with Crippen molar-refractivity contribution in [1.82, 2.24) is 4.98 Å². The van der Waals surface area contributed by atoms with E-state index in [1.807, 2.05) is 0 Å². The summed E-state index contributed by atoms with van der Waals surface area (Å²) in [6.45, 7) is 0. The van der Waals surface area contributed by atoms with Crippen LogP contribution < -0.4 is 10.5 Å². The van der Waals surface area contributed by atoms with Crippen LogP contribution in [-0.4, -0.2) is 30.5 Å². The predicted octanol–water partition coefficient (Wildman–Crippen LogP) is 5.19. The van der Waals surface area contributed by atoms with Gasteiger partial charge >= 0.3 is 5.97 Å². The average Bonchev–Trinajstić information content (AvgIpc) is 3.20. The first-order chi connectivity index (χ1) is 16.1. The molecular weight excluding hydrogens is 506 g/mol. The Morgan fingerprint density at radius 2 is 1.74 bits per heavy atom. The SMILES string of the molecule is N[C@@H](Cc1cc(Cl)c(Oc2ccc3[nH]cc(S(=O)(=O)c4ccc(F)cc4)c3c2)c(Cl)c1)C(=O)O. The first-order valence-electron chi connectivity index (χ1n) is 9.82. The molecule has 4 N–H and O–H groups in total. The van der Waals surface area contributed by atoms with E-state index < -0.39 is 27.7 Å². The molecule has 0 fully saturated rings. The molecule has 1 atom stereocenters. The molecule has 0 radical (unpaired) electrons. The Balaban J connectivity index is 1.68. The number of hydrogen-bond donors (Lipinski definition) is 3. The molecule has 0 aliphatic heterocycles. The predicted molar refractivity (Wildman–Crippen MR) is 126 cm³/mol. The van der Waals surface area contributed by atoms with E-state index in [1.165, 1.54) is 36.5 Å². The number of halogens is 3. The molecule has 3 aromatic carbocycles. The Labute approximate surface area is 203 Å². The number of carbonyl (C=O) groups is 1. The topological polar surface area (TPSA) is 122 Å². The number of aromatic amines is 1. The zero-order valence-electron chi connectivity index (χ0n) is 17.3. The van der Waals surface area contributed by atoms with Gasteiger partial charge in [0.2, 0.25) is 9.84 Å². The lowest BCUT2D eigenvalue weighted by molar-refractivity contribution is -0.138. The van der Waals surface area contributed by atoms with Crippen LogP contribution in [0, 0.1) is 5.82 Å². The molecule has 1 heterocycles. The van der Waals surface area contributed by atoms with Crippen molar-refractivity contribution in [3.05, 3.63) is 82.2 Å². The van der Waals surface area contributed by atoms with Crippen molar-refractivity contribution >= 4 is 49.9 Å². The van der Waals surface area contributed by atoms with E-state index in [2.05, 4.69) is 4.98 Å². The van der Waals surface area contributed by atoms with Crippen molar-refractivity contribution in [3.8, 4) is 11.5 Å². The van der Waals surface area contributed by atoms with E-state index in [0.29, 0.717) is 16.5 Å². The van der Waals surface area contributed by atoms with Crippen LogP contribution in [0.3, 0.4) is 0 Å². The number of sulfone groups is 1. The summed E-state index contributed by atoms with van der Waals surface area (Å²) in [6, 6.07) is 11.2. The van der Waals surface area contributed by atoms with Crippen LogP contribution in [0.1, 0.15) is 5.56 Å². The number of hydrogen-bond acceptors (Lipinski definition) is 5. The first kappa shape index (κ1) is 24.0. The van der Waals surface area contributed by atoms with Gasteiger partial charge in [-0.3, -0.25) is 4.79 Å². The second-order valence-electron chi connectivity index (χ2n) is 7.46. The number of benzene rings is 3. The van der Waals surface area contributed by atoms with Gasteiger partial charge in [-0.1, -0.05) is 23.2 Å². The Hall–Kier alpha value is -3.11. The molecule has 11 heteroatoms. The van der Waals surface area contributed by atoms with Crippen molar-refractivity contribution in [2.45, 2.75) is 22.3 Å². The van der Waals surface area contributed by atoms with Crippen LogP contribution in [0.2, 0.25) is 10.0 Å². The van der Waals surface area contributed by atoms with Crippen LogP contribution in [0.15, 0.2) is 70.6 Å². The van der Waals surface area contributed by atoms with E-state index in [1.54, 1.807) is 12.1 Å². The fourth-order valence-corrected chi connectivity index (χ4v) is 5.42. The van der Waals surface area contributed by atoms with E-state index in [9.17, 15) is 17.6 Å². The lowest BCUT2D eigenvalue weighted by Gasteiger charge is -2.13. The maximum absolute atomic E-state index is 13.2. The smallest absolute Gasteiger partial charge is 0.320 e. The van der Waals surface area contributed by atoms with Crippen LogP contribution in [0.5, 0.6) is 11.5 Å². The Morgan fingerprint density at radius 3 is 2.35 bits per heavy atom. The molecule has 0 saturated heterocycles. The molecule has 4 rings (SSSR count). The molecule has 0 amide bonds. The van der Waals surface area contributed by atoms with E-state index in [4.69, 9.17) is 38.8 Å². The largest absolute Gasteiger partial charge is 0.480 e. The van der Waals surface area contributed by atoms with Crippen molar-refractivity contribution < 1.29 is 27.4 Å². The highest BCUT2D eigenvalue weighted by Gasteiger charge is 2.23. The van der Waals surface area contributed by atoms with Gasteiger partial charge < -0.3 is 20.6 Å². The molecule has 176 valence electrons. The highest BCUT2D eigenvalue weighted by atomic mass is 35.5. The first-order valence-corrected chi connectivity index (χ1v) is 12.1. The molecule has 0 saturated carbocycles. The van der Waals surface area contributed by atoms with Gasteiger partial charge in [0.05, 0.1) is 19.8 Å². The highest BCUT2D eigenvalue weighted by molar-refractivity contribution is 7.91. The number of H-pyrrole nitrogens is 1. The molecule has 1 aromatic heterocycles. The number of aromatic nitrogens is 1. The Morgan fingerprint density at radius 1 is 1.09 bits per heavy atom. The van der Waals surface area contributed by atoms with Crippen LogP contribution >= 0.6 is 23.2 Å². The molecule has 7 nitrogen and oxygen atoms in total. The number of carboxylic acid groups (broad SMARTS) is 1. The molecule has 4 aromatic rings. The molecular formula is C23H17Cl2FN2O5S. The zero-order chi connectivity index (χ0) is 24.6. The maximum Gasteiger partial charge on any atom is 0.320 e. The monoisotopic (exact) mass is 522 g/mol. The number of rotatable bonds is 7. The number of ether oxygens (including phenoxy) is 1. The third-order valence-electron chi connectivity index (χ3n) is 5.08. The highest BCUT2D eigenvalue weighted by Crippen LogP contribution is 2.39. The number of fused-ring (bicyclic) bond motifs is 1. The van der Waals surface area contributed by atoms with Crippen LogP contribution in [0.25, 0.3) is 10.9 Å². The quantitative estimate of drug-likeness (QED) is 0.287. The van der Waals surface area contributed by atoms with E-state index >= 15 is 0 Å². The van der Waals surface area contributed by atoms with Crippen LogP contribution in [-0.2, 0) is 21.1 Å². The third-order valence-corrected chi connectivity index (χ3v) is 7.45. The number of nitrogens with two attached hydrogens (primary N) is 1. The minimum Gasteiger partial charge on any atom is -0.480 e. The van der Waals surface area contributed by atoms with Gasteiger partial charge in [-0.05, 0) is 66.6 Å². The van der Waals surface area contributed by atoms with Crippen molar-refractivity contribution in [3.63, 3.8) is 0 Å². The summed E-state index contributed by atoms with van der Waals surface area (Å²) in [4.78, 5) is 13.8. The fourth-order valence-electron chi connectivity index (χ4n) is 3.39. The summed E-state index contributed by atoms with van der Waals surface area (Å²) in [5.41, 5.74) is 6.63. The lowest BCUT2D eigenvalue weighted by atomic mass is 10.1. The van der Waals surface area contributed by atoms with Gasteiger partial charge in [0.25, 0.3) is 0 Å². The Kier molecular flexibility index (Phi) is 6.55. The maximum atomic E-state index is 13.2. The van der Waals surface area contributed by atoms with Gasteiger partial charge in [-0.25, -0.2) is 12.8 Å². The molecule has 0 spiro atoms. The summed E-state index contributed by atoms with van der Waals surface area (Å²) >= 11 is 12.6. The summed E-state index contributed by atoms with van der Waals surface area (Å²) in [7, 11) is -3.93. The molecule has 0 bridgehead atoms. The van der Waals surface area contributed by atoms with Gasteiger partial charge in [0.1, 0.15) is 17.6 Å². The number of nitrogens with one attached hydrogen (secondary N) is 1. The zero-order valence-corrected chi connectivity index (χ0v) is 19.6. The third kappa shape index (κ3) is 4.74. The van der Waals surface area contributed by atoms with Gasteiger partial charge in [0.15, 0.2) is 5.75 Å². The van der Waals surface area contributed by atoms with Gasteiger partial charge in [-0.2, -0.15) is 0 Å². The summed E-state index contributed by atoms with van der Waals surface area (Å²) in [6.07, 6.45) is 1.38. The normalized spacial score (nSPS) is 12.6. The molecule has 34 heavy (non-hydrogen) atoms. The minimum atomic E-state index is -3.93. The second kappa shape index (κ2) is 9.27. The molecule has 0 unspecified atom stereocenters. The van der Waals surface area contributed by atoms with E-state index in [-0.39, 0.29) is 37.8 Å². The summed E-state index contributed by atoms with van der Waals surface area (Å²) < 4.78 is 45.3. The minimum absolute atomic E-state index is 0.00485. The standard InChI is InChI=1S/C23H17Cl2FN2O5S/c24-17-7-12(9-19(27)23(29)30)8-18(25)22(17)33-14-3-6-20-16(10-14)21(11-28-20)34(31,32)15-4-1-13(26)2-5-15/h1-8,10-11,19,28H,9,27H2,(H,29,30)/t19-/m0/s1. The van der Waals surface area contributed by atoms with Crippen LogP contribution in [0.4, 0.5) is 4.39 Å². The second-order valence-corrected chi connectivity index (χ2v) is 10.2. The summed E-state index contributed by atoms with van der Waals surface area (Å²) in [5.74, 6) is -1.31. The van der Waals surface area contributed by atoms with E-state index in [0.717, 1.165) is 12.1 Å². The van der Waals surface area contributed by atoms with Gasteiger partial charge in [0, 0.05) is 17.1 Å². The van der Waals surface area contributed by atoms with Crippen molar-refractivity contribution in [1.29, 1.82) is 0 Å².